The Balaban J connectivity index is 1.51. The number of nitrogens with zero attached hydrogens (tertiary/aromatic N) is 5. The fourth-order valence-electron chi connectivity index (χ4n) is 7.21. The third-order valence-electron chi connectivity index (χ3n) is 8.96. The average Bonchev–Trinajstić information content (AvgIpc) is 3.78. The highest BCUT2D eigenvalue weighted by Gasteiger charge is 2.22. The molecule has 200 valence electrons. The van der Waals surface area contributed by atoms with Crippen LogP contribution < -0.4 is 0 Å². The Morgan fingerprint density at radius 1 is 0.465 bits per heavy atom. The second-order valence-electron chi connectivity index (χ2n) is 11.1. The number of imidazole rings is 1. The van der Waals surface area contributed by atoms with Crippen molar-refractivity contribution in [2.75, 3.05) is 0 Å². The van der Waals surface area contributed by atoms with Gasteiger partial charge in [0.25, 0.3) is 0 Å². The van der Waals surface area contributed by atoms with Crippen LogP contribution in [0.1, 0.15) is 0 Å². The Kier molecular flexibility index (Phi) is 4.39. The summed E-state index contributed by atoms with van der Waals surface area (Å²) in [6.45, 7) is 0. The summed E-state index contributed by atoms with van der Waals surface area (Å²) in [4.78, 5) is 9.37. The lowest BCUT2D eigenvalue weighted by Crippen LogP contribution is -1.95. The second-order valence-corrected chi connectivity index (χ2v) is 11.1. The summed E-state index contributed by atoms with van der Waals surface area (Å²) in [5.74, 6) is 0. The maximum Gasteiger partial charge on any atom is 0.145 e. The SMILES string of the molecule is c1ccc(-n2c3cc4c5cnccc5n5ccnc5c4cc3c3c2ccc2c4ccccc4n(-c4ccccc4)c23)cc1. The standard InChI is InChI=1S/C38H23N5/c1-3-9-24(10-4-1)42-34-16-15-27-26-13-7-8-14-33(26)43(25-11-5-2-6-12-25)37(27)36(34)30-21-29-28(22-35(30)42)31-23-39-18-17-32(31)41-20-19-40-38(29)41/h1-23H. The molecule has 0 atom stereocenters. The Morgan fingerprint density at radius 2 is 1.23 bits per heavy atom. The minimum atomic E-state index is 0.951. The summed E-state index contributed by atoms with van der Waals surface area (Å²) < 4.78 is 7.02. The minimum absolute atomic E-state index is 0.951. The Bertz CT molecular complexity index is 2710. The predicted molar refractivity (Wildman–Crippen MR) is 177 cm³/mol. The Labute approximate surface area is 245 Å². The van der Waals surface area contributed by atoms with E-state index >= 15 is 0 Å². The summed E-state index contributed by atoms with van der Waals surface area (Å²) in [6, 6.07) is 41.5. The van der Waals surface area contributed by atoms with Crippen molar-refractivity contribution in [3.8, 4) is 11.4 Å². The van der Waals surface area contributed by atoms with Gasteiger partial charge in [-0.2, -0.15) is 0 Å². The smallest absolute Gasteiger partial charge is 0.145 e. The van der Waals surface area contributed by atoms with Gasteiger partial charge in [0.1, 0.15) is 5.65 Å². The normalized spacial score (nSPS) is 12.2. The largest absolute Gasteiger partial charge is 0.309 e. The van der Waals surface area contributed by atoms with E-state index < -0.39 is 0 Å². The summed E-state index contributed by atoms with van der Waals surface area (Å²) in [6.07, 6.45) is 7.76. The molecule has 43 heavy (non-hydrogen) atoms. The molecular weight excluding hydrogens is 526 g/mol. The molecule has 0 radical (unpaired) electrons. The van der Waals surface area contributed by atoms with Crippen molar-refractivity contribution in [1.82, 2.24) is 23.5 Å². The van der Waals surface area contributed by atoms with Crippen molar-refractivity contribution < 1.29 is 0 Å². The molecule has 5 heterocycles. The fraction of sp³-hybridized carbons (Fsp3) is 0. The van der Waals surface area contributed by atoms with Gasteiger partial charge in [0, 0.05) is 68.5 Å². The molecule has 5 aromatic heterocycles. The van der Waals surface area contributed by atoms with Crippen LogP contribution in [0.5, 0.6) is 0 Å². The molecular formula is C38H23N5. The zero-order valence-electron chi connectivity index (χ0n) is 23.0. The maximum atomic E-state index is 4.84. The van der Waals surface area contributed by atoms with E-state index in [1.165, 1.54) is 38.1 Å². The number of rotatable bonds is 2. The monoisotopic (exact) mass is 549 g/mol. The van der Waals surface area contributed by atoms with Gasteiger partial charge in [-0.1, -0.05) is 60.7 Å². The topological polar surface area (TPSA) is 40.1 Å². The molecule has 10 rings (SSSR count). The molecule has 0 aliphatic heterocycles. The van der Waals surface area contributed by atoms with Crippen LogP contribution in [0.4, 0.5) is 0 Å². The number of pyridine rings is 2. The molecule has 0 saturated carbocycles. The molecule has 5 nitrogen and oxygen atoms in total. The quantitative estimate of drug-likeness (QED) is 0.202. The zero-order chi connectivity index (χ0) is 28.1. The second kappa shape index (κ2) is 8.30. The van der Waals surface area contributed by atoms with Gasteiger partial charge in [0.2, 0.25) is 0 Å². The molecule has 0 N–H and O–H groups in total. The first-order valence-corrected chi connectivity index (χ1v) is 14.5. The van der Waals surface area contributed by atoms with E-state index in [2.05, 4.69) is 134 Å². The van der Waals surface area contributed by atoms with Gasteiger partial charge in [0.15, 0.2) is 0 Å². The van der Waals surface area contributed by atoms with Crippen LogP contribution in [0.2, 0.25) is 0 Å². The van der Waals surface area contributed by atoms with Crippen LogP contribution in [0.15, 0.2) is 140 Å². The van der Waals surface area contributed by atoms with Gasteiger partial charge in [0.05, 0.1) is 27.6 Å². The van der Waals surface area contributed by atoms with Crippen molar-refractivity contribution in [1.29, 1.82) is 0 Å². The third-order valence-corrected chi connectivity index (χ3v) is 8.96. The molecule has 0 unspecified atom stereocenters. The van der Waals surface area contributed by atoms with Crippen molar-refractivity contribution in [3.63, 3.8) is 0 Å². The Morgan fingerprint density at radius 3 is 2.07 bits per heavy atom. The molecule has 0 spiro atoms. The molecule has 0 aliphatic rings. The van der Waals surface area contributed by atoms with E-state index in [0.717, 1.165) is 44.2 Å². The van der Waals surface area contributed by atoms with Crippen LogP contribution in [-0.2, 0) is 0 Å². The van der Waals surface area contributed by atoms with Gasteiger partial charge in [-0.05, 0) is 60.0 Å². The van der Waals surface area contributed by atoms with Gasteiger partial charge in [-0.3, -0.25) is 9.38 Å². The highest BCUT2D eigenvalue weighted by molar-refractivity contribution is 6.28. The molecule has 0 amide bonds. The van der Waals surface area contributed by atoms with Crippen LogP contribution in [0, 0.1) is 0 Å². The molecule has 0 fully saturated rings. The number of fused-ring (bicyclic) bond motifs is 13. The first-order valence-electron chi connectivity index (χ1n) is 14.5. The molecule has 5 heteroatoms. The molecule has 10 aromatic rings. The van der Waals surface area contributed by atoms with Gasteiger partial charge >= 0.3 is 0 Å². The molecule has 0 bridgehead atoms. The van der Waals surface area contributed by atoms with Crippen LogP contribution in [-0.4, -0.2) is 23.5 Å². The van der Waals surface area contributed by atoms with Gasteiger partial charge in [-0.15, -0.1) is 0 Å². The first-order chi connectivity index (χ1) is 21.4. The molecule has 0 aliphatic carbocycles. The number of benzene rings is 5. The summed E-state index contributed by atoms with van der Waals surface area (Å²) in [5, 5.41) is 8.29. The van der Waals surface area contributed by atoms with Crippen LogP contribution in [0.25, 0.3) is 82.3 Å². The van der Waals surface area contributed by atoms with Crippen LogP contribution >= 0.6 is 0 Å². The minimum Gasteiger partial charge on any atom is -0.309 e. The van der Waals surface area contributed by atoms with Gasteiger partial charge < -0.3 is 9.13 Å². The number of para-hydroxylation sites is 3. The molecule has 0 saturated heterocycles. The van der Waals surface area contributed by atoms with E-state index in [9.17, 15) is 0 Å². The van der Waals surface area contributed by atoms with Crippen molar-refractivity contribution in [2.24, 2.45) is 0 Å². The number of hydrogen-bond acceptors (Lipinski definition) is 2. The summed E-state index contributed by atoms with van der Waals surface area (Å²) >= 11 is 0. The summed E-state index contributed by atoms with van der Waals surface area (Å²) in [5.41, 5.74) is 9.08. The lowest BCUT2D eigenvalue weighted by molar-refractivity contribution is 1.17. The highest BCUT2D eigenvalue weighted by atomic mass is 15.0. The van der Waals surface area contributed by atoms with E-state index in [4.69, 9.17) is 4.98 Å². The van der Waals surface area contributed by atoms with E-state index in [0.29, 0.717) is 0 Å². The van der Waals surface area contributed by atoms with E-state index in [-0.39, 0.29) is 0 Å². The lowest BCUT2D eigenvalue weighted by Gasteiger charge is -2.10. The van der Waals surface area contributed by atoms with Crippen molar-refractivity contribution in [2.45, 2.75) is 0 Å². The zero-order valence-corrected chi connectivity index (χ0v) is 23.0. The Hall–Kier alpha value is -5.94. The number of aromatic nitrogens is 5. The molecule has 5 aromatic carbocycles. The average molecular weight is 550 g/mol. The lowest BCUT2D eigenvalue weighted by atomic mass is 10.0. The van der Waals surface area contributed by atoms with Gasteiger partial charge in [-0.25, -0.2) is 4.98 Å². The first kappa shape index (κ1) is 22.7. The summed E-state index contributed by atoms with van der Waals surface area (Å²) in [7, 11) is 0. The van der Waals surface area contributed by atoms with Crippen LogP contribution in [0.3, 0.4) is 0 Å². The third kappa shape index (κ3) is 2.95. The maximum absolute atomic E-state index is 4.84. The number of hydrogen-bond donors (Lipinski definition) is 0. The van der Waals surface area contributed by atoms with E-state index in [1.807, 2.05) is 24.8 Å². The fourth-order valence-corrected chi connectivity index (χ4v) is 7.21. The highest BCUT2D eigenvalue weighted by Crippen LogP contribution is 2.44. The van der Waals surface area contributed by atoms with E-state index in [1.54, 1.807) is 0 Å². The van der Waals surface area contributed by atoms with Crippen molar-refractivity contribution in [3.05, 3.63) is 140 Å². The van der Waals surface area contributed by atoms with Crippen molar-refractivity contribution >= 4 is 70.9 Å². The predicted octanol–water partition coefficient (Wildman–Crippen LogP) is 9.23.